The van der Waals surface area contributed by atoms with Gasteiger partial charge in [0, 0.05) is 23.5 Å². The second kappa shape index (κ2) is 10.1. The molecule has 0 aromatic heterocycles. The summed E-state index contributed by atoms with van der Waals surface area (Å²) in [5, 5.41) is 3.44. The monoisotopic (exact) mass is 392 g/mol. The van der Waals surface area contributed by atoms with Crippen molar-refractivity contribution < 1.29 is 14.3 Å². The molecule has 2 aromatic rings. The molecule has 0 aliphatic carbocycles. The highest BCUT2D eigenvalue weighted by molar-refractivity contribution is 7.99. The van der Waals surface area contributed by atoms with E-state index in [-0.39, 0.29) is 18.4 Å². The zero-order valence-electron chi connectivity index (χ0n) is 14.7. The molecule has 0 spiro atoms. The van der Waals surface area contributed by atoms with Crippen molar-refractivity contribution >= 4 is 40.9 Å². The first-order valence-corrected chi connectivity index (χ1v) is 9.51. The third-order valence-electron chi connectivity index (χ3n) is 3.56. The van der Waals surface area contributed by atoms with Gasteiger partial charge in [0.25, 0.3) is 0 Å². The van der Waals surface area contributed by atoms with E-state index < -0.39 is 0 Å². The van der Waals surface area contributed by atoms with E-state index in [9.17, 15) is 9.59 Å². The summed E-state index contributed by atoms with van der Waals surface area (Å²) in [6, 6.07) is 14.6. The van der Waals surface area contributed by atoms with Gasteiger partial charge in [-0.15, -0.1) is 11.8 Å². The lowest BCUT2D eigenvalue weighted by Gasteiger charge is -2.16. The summed E-state index contributed by atoms with van der Waals surface area (Å²) in [5.41, 5.74) is 1.72. The van der Waals surface area contributed by atoms with E-state index in [4.69, 9.17) is 16.3 Å². The van der Waals surface area contributed by atoms with Crippen LogP contribution in [0.25, 0.3) is 0 Å². The molecule has 1 N–H and O–H groups in total. The van der Waals surface area contributed by atoms with Crippen molar-refractivity contribution in [3.05, 3.63) is 59.1 Å². The van der Waals surface area contributed by atoms with E-state index in [0.717, 1.165) is 5.56 Å². The van der Waals surface area contributed by atoms with Gasteiger partial charge in [-0.2, -0.15) is 0 Å². The number of nitrogens with one attached hydrogen (secondary N) is 1. The predicted molar refractivity (Wildman–Crippen MR) is 107 cm³/mol. The van der Waals surface area contributed by atoms with E-state index in [2.05, 4.69) is 5.32 Å². The average molecular weight is 393 g/mol. The number of thioether (sulfide) groups is 1. The van der Waals surface area contributed by atoms with Crippen LogP contribution >= 0.6 is 23.4 Å². The van der Waals surface area contributed by atoms with Gasteiger partial charge in [0.2, 0.25) is 11.8 Å². The summed E-state index contributed by atoms with van der Waals surface area (Å²) >= 11 is 7.43. The van der Waals surface area contributed by atoms with Crippen molar-refractivity contribution in [2.45, 2.75) is 5.75 Å². The van der Waals surface area contributed by atoms with E-state index >= 15 is 0 Å². The lowest BCUT2D eigenvalue weighted by molar-refractivity contribution is -0.131. The average Bonchev–Trinajstić information content (AvgIpc) is 2.62. The molecule has 0 saturated heterocycles. The molecule has 2 amide bonds. The summed E-state index contributed by atoms with van der Waals surface area (Å²) in [6.07, 6.45) is 0. The topological polar surface area (TPSA) is 58.6 Å². The number of nitrogens with zero attached hydrogens (tertiary/aromatic N) is 1. The van der Waals surface area contributed by atoms with Crippen LogP contribution in [0.4, 0.5) is 5.69 Å². The third kappa shape index (κ3) is 6.61. The van der Waals surface area contributed by atoms with Crippen LogP contribution in [-0.2, 0) is 15.3 Å². The Morgan fingerprint density at radius 1 is 1.19 bits per heavy atom. The Morgan fingerprint density at radius 3 is 2.58 bits per heavy atom. The van der Waals surface area contributed by atoms with Crippen LogP contribution < -0.4 is 10.1 Å². The minimum atomic E-state index is -0.245. The highest BCUT2D eigenvalue weighted by Crippen LogP contribution is 2.17. The fourth-order valence-corrected chi connectivity index (χ4v) is 3.30. The summed E-state index contributed by atoms with van der Waals surface area (Å²) in [4.78, 5) is 25.6. The zero-order valence-corrected chi connectivity index (χ0v) is 16.3. The van der Waals surface area contributed by atoms with Gasteiger partial charge < -0.3 is 15.0 Å². The van der Waals surface area contributed by atoms with Crippen LogP contribution in [0.3, 0.4) is 0 Å². The normalized spacial score (nSPS) is 10.3. The molecule has 0 heterocycles. The first kappa shape index (κ1) is 20.1. The molecule has 5 nitrogen and oxygen atoms in total. The van der Waals surface area contributed by atoms with Crippen LogP contribution in [0.15, 0.2) is 48.5 Å². The number of hydrogen-bond donors (Lipinski definition) is 1. The molecule has 2 rings (SSSR count). The third-order valence-corrected chi connectivity index (χ3v) is 4.79. The van der Waals surface area contributed by atoms with Crippen molar-refractivity contribution in [1.29, 1.82) is 0 Å². The Balaban J connectivity index is 1.74. The summed E-state index contributed by atoms with van der Waals surface area (Å²) in [6.45, 7) is 0.00257. The number of ether oxygens (including phenoxy) is 1. The number of methoxy groups -OCH3 is 1. The Morgan fingerprint density at radius 2 is 1.92 bits per heavy atom. The number of halogens is 1. The van der Waals surface area contributed by atoms with Crippen LogP contribution in [0.5, 0.6) is 5.75 Å². The quantitative estimate of drug-likeness (QED) is 0.744. The molecule has 0 atom stereocenters. The number of likely N-dealkylation sites (N-methyl/N-ethyl adjacent to an activating group) is 1. The molecule has 26 heavy (non-hydrogen) atoms. The molecule has 0 aliphatic heterocycles. The highest BCUT2D eigenvalue weighted by Gasteiger charge is 2.13. The number of amides is 2. The SMILES string of the molecule is COc1ccc(NC(=O)CN(C)C(=O)CSCc2cccc(Cl)c2)cc1. The van der Waals surface area contributed by atoms with Gasteiger partial charge in [0.15, 0.2) is 0 Å². The standard InChI is InChI=1S/C19H21ClN2O3S/c1-22(11-18(23)21-16-6-8-17(25-2)9-7-16)19(24)13-26-12-14-4-3-5-15(20)10-14/h3-10H,11-13H2,1-2H3,(H,21,23). The minimum absolute atomic E-state index is 0.00257. The maximum Gasteiger partial charge on any atom is 0.243 e. The minimum Gasteiger partial charge on any atom is -0.497 e. The fourth-order valence-electron chi connectivity index (χ4n) is 2.17. The zero-order chi connectivity index (χ0) is 18.9. The molecular weight excluding hydrogens is 372 g/mol. The van der Waals surface area contributed by atoms with Crippen molar-refractivity contribution in [3.63, 3.8) is 0 Å². The number of carbonyl (C=O) groups is 2. The molecule has 138 valence electrons. The second-order valence-electron chi connectivity index (χ2n) is 5.65. The van der Waals surface area contributed by atoms with Gasteiger partial charge in [0.05, 0.1) is 19.4 Å². The van der Waals surface area contributed by atoms with Crippen molar-refractivity contribution in [1.82, 2.24) is 4.90 Å². The van der Waals surface area contributed by atoms with Crippen molar-refractivity contribution in [2.75, 3.05) is 31.8 Å². The summed E-state index contributed by atoms with van der Waals surface area (Å²) in [5.74, 6) is 1.37. The van der Waals surface area contributed by atoms with Gasteiger partial charge in [-0.1, -0.05) is 23.7 Å². The molecule has 0 bridgehead atoms. The van der Waals surface area contributed by atoms with E-state index in [1.165, 1.54) is 16.7 Å². The Kier molecular flexibility index (Phi) is 7.81. The van der Waals surface area contributed by atoms with Crippen LogP contribution in [-0.4, -0.2) is 43.2 Å². The number of rotatable bonds is 8. The van der Waals surface area contributed by atoms with Crippen LogP contribution in [0.1, 0.15) is 5.56 Å². The molecule has 0 fully saturated rings. The Bertz CT molecular complexity index is 753. The lowest BCUT2D eigenvalue weighted by atomic mass is 10.2. The Hall–Kier alpha value is -2.18. The van der Waals surface area contributed by atoms with Crippen LogP contribution in [0, 0.1) is 0 Å². The lowest BCUT2D eigenvalue weighted by Crippen LogP contribution is -2.35. The largest absolute Gasteiger partial charge is 0.497 e. The van der Waals surface area contributed by atoms with Crippen molar-refractivity contribution in [3.8, 4) is 5.75 Å². The maximum absolute atomic E-state index is 12.2. The number of benzene rings is 2. The van der Waals surface area contributed by atoms with E-state index in [1.807, 2.05) is 24.3 Å². The summed E-state index contributed by atoms with van der Waals surface area (Å²) < 4.78 is 5.07. The van der Waals surface area contributed by atoms with Gasteiger partial charge in [-0.25, -0.2) is 0 Å². The van der Waals surface area contributed by atoms with Gasteiger partial charge in [-0.05, 0) is 42.0 Å². The van der Waals surface area contributed by atoms with Crippen molar-refractivity contribution in [2.24, 2.45) is 0 Å². The smallest absolute Gasteiger partial charge is 0.243 e. The van der Waals surface area contributed by atoms with Gasteiger partial charge in [-0.3, -0.25) is 9.59 Å². The molecule has 0 unspecified atom stereocenters. The fraction of sp³-hybridized carbons (Fsp3) is 0.263. The van der Waals surface area contributed by atoms with Gasteiger partial charge in [0.1, 0.15) is 5.75 Å². The van der Waals surface area contributed by atoms with Crippen LogP contribution in [0.2, 0.25) is 5.02 Å². The molecule has 0 saturated carbocycles. The van der Waals surface area contributed by atoms with Gasteiger partial charge >= 0.3 is 0 Å². The molecular formula is C19H21ClN2O3S. The molecule has 7 heteroatoms. The molecule has 0 radical (unpaired) electrons. The number of hydrogen-bond acceptors (Lipinski definition) is 4. The second-order valence-corrected chi connectivity index (χ2v) is 7.07. The maximum atomic E-state index is 12.2. The first-order chi connectivity index (χ1) is 12.5. The predicted octanol–water partition coefficient (Wildman–Crippen LogP) is 3.68. The first-order valence-electron chi connectivity index (χ1n) is 7.98. The molecule has 2 aromatic carbocycles. The Labute approximate surface area is 162 Å². The number of anilines is 1. The van der Waals surface area contributed by atoms with E-state index in [1.54, 1.807) is 38.4 Å². The summed E-state index contributed by atoms with van der Waals surface area (Å²) in [7, 11) is 3.20. The highest BCUT2D eigenvalue weighted by atomic mass is 35.5. The van der Waals surface area contributed by atoms with E-state index in [0.29, 0.717) is 28.0 Å². The number of carbonyl (C=O) groups excluding carboxylic acids is 2. The molecule has 0 aliphatic rings.